The minimum Gasteiger partial charge on any atom is -0.481 e. The molecule has 2 aliphatic rings. The number of ether oxygens (including phenoxy) is 1. The monoisotopic (exact) mass is 287 g/mol. The van der Waals surface area contributed by atoms with Crippen molar-refractivity contribution in [2.24, 2.45) is 11.8 Å². The van der Waals surface area contributed by atoms with E-state index in [1.54, 1.807) is 16.7 Å². The van der Waals surface area contributed by atoms with Gasteiger partial charge in [0.1, 0.15) is 0 Å². The predicted octanol–water partition coefficient (Wildman–Crippen LogP) is 1.08. The number of carbonyl (C=O) groups is 2. The Morgan fingerprint density at radius 1 is 1.32 bits per heavy atom. The Balaban J connectivity index is 1.73. The maximum Gasteiger partial charge on any atom is 0.307 e. The Morgan fingerprint density at radius 3 is 2.58 bits per heavy atom. The molecule has 108 valence electrons. The van der Waals surface area contributed by atoms with E-state index in [4.69, 9.17) is 4.74 Å². The van der Waals surface area contributed by atoms with E-state index in [0.29, 0.717) is 32.1 Å². The summed E-state index contributed by atoms with van der Waals surface area (Å²) in [5, 5.41) is 9.19. The van der Waals surface area contributed by atoms with E-state index in [9.17, 15) is 14.7 Å². The van der Waals surface area contributed by atoms with Crippen LogP contribution in [0.4, 0.5) is 0 Å². The highest BCUT2D eigenvalue weighted by molar-refractivity contribution is 7.99. The molecule has 0 aromatic rings. The van der Waals surface area contributed by atoms with Crippen LogP contribution in [-0.2, 0) is 14.3 Å². The van der Waals surface area contributed by atoms with Crippen molar-refractivity contribution in [1.29, 1.82) is 0 Å². The zero-order valence-corrected chi connectivity index (χ0v) is 11.9. The van der Waals surface area contributed by atoms with Crippen molar-refractivity contribution in [3.63, 3.8) is 0 Å². The van der Waals surface area contributed by atoms with Gasteiger partial charge in [0.2, 0.25) is 5.91 Å². The van der Waals surface area contributed by atoms with Gasteiger partial charge in [-0.2, -0.15) is 11.8 Å². The minimum atomic E-state index is -0.857. The van der Waals surface area contributed by atoms with E-state index in [-0.39, 0.29) is 12.3 Å². The molecule has 1 saturated heterocycles. The molecule has 1 atom stereocenters. The number of thioether (sulfide) groups is 1. The first-order valence-corrected chi connectivity index (χ1v) is 7.98. The van der Waals surface area contributed by atoms with E-state index < -0.39 is 11.9 Å². The van der Waals surface area contributed by atoms with Crippen LogP contribution in [-0.4, -0.2) is 59.7 Å². The van der Waals surface area contributed by atoms with Gasteiger partial charge in [-0.1, -0.05) is 0 Å². The number of nitrogens with zero attached hydrogens (tertiary/aromatic N) is 1. The molecule has 2 fully saturated rings. The molecule has 1 heterocycles. The highest BCUT2D eigenvalue weighted by Crippen LogP contribution is 2.33. The molecular formula is C13H21NO4S. The molecule has 1 unspecified atom stereocenters. The number of carbonyl (C=O) groups excluding carboxylic acids is 1. The summed E-state index contributed by atoms with van der Waals surface area (Å²) in [6.07, 6.45) is 2.67. The van der Waals surface area contributed by atoms with Crippen LogP contribution >= 0.6 is 11.8 Å². The topological polar surface area (TPSA) is 66.8 Å². The molecule has 1 aliphatic carbocycles. The lowest BCUT2D eigenvalue weighted by atomic mass is 10.1. The standard InChI is InChI=1S/C13H21NO4S/c15-12(14-3-5-18-6-4-14)7-11(13(16)17)9-19-8-10-1-2-10/h10-11H,1-9H2,(H,16,17). The fourth-order valence-electron chi connectivity index (χ4n) is 2.03. The van der Waals surface area contributed by atoms with Gasteiger partial charge in [0, 0.05) is 25.3 Å². The fraction of sp³-hybridized carbons (Fsp3) is 0.846. The lowest BCUT2D eigenvalue weighted by molar-refractivity contribution is -0.146. The van der Waals surface area contributed by atoms with Crippen molar-refractivity contribution in [3.05, 3.63) is 0 Å². The lowest BCUT2D eigenvalue weighted by Crippen LogP contribution is -2.42. The van der Waals surface area contributed by atoms with Gasteiger partial charge in [0.25, 0.3) is 0 Å². The molecule has 1 aliphatic heterocycles. The van der Waals surface area contributed by atoms with Gasteiger partial charge in [-0.3, -0.25) is 9.59 Å². The van der Waals surface area contributed by atoms with Crippen molar-refractivity contribution < 1.29 is 19.4 Å². The molecule has 0 spiro atoms. The number of amides is 1. The number of rotatable bonds is 7. The van der Waals surface area contributed by atoms with Crippen molar-refractivity contribution in [1.82, 2.24) is 4.90 Å². The summed E-state index contributed by atoms with van der Waals surface area (Å²) in [4.78, 5) is 24.9. The van der Waals surface area contributed by atoms with Gasteiger partial charge >= 0.3 is 5.97 Å². The Labute approximate surface area is 117 Å². The zero-order valence-electron chi connectivity index (χ0n) is 11.0. The molecule has 0 radical (unpaired) electrons. The fourth-order valence-corrected chi connectivity index (χ4v) is 3.38. The van der Waals surface area contributed by atoms with E-state index in [1.807, 2.05) is 0 Å². The molecule has 5 nitrogen and oxygen atoms in total. The summed E-state index contributed by atoms with van der Waals surface area (Å²) in [7, 11) is 0. The summed E-state index contributed by atoms with van der Waals surface area (Å²) in [5.41, 5.74) is 0. The Hall–Kier alpha value is -0.750. The highest BCUT2D eigenvalue weighted by atomic mass is 32.2. The first-order valence-electron chi connectivity index (χ1n) is 6.83. The van der Waals surface area contributed by atoms with Crippen LogP contribution in [0.2, 0.25) is 0 Å². The van der Waals surface area contributed by atoms with Crippen LogP contribution in [0, 0.1) is 11.8 Å². The van der Waals surface area contributed by atoms with E-state index in [1.165, 1.54) is 12.8 Å². The van der Waals surface area contributed by atoms with Gasteiger partial charge in [-0.05, 0) is 24.5 Å². The number of carboxylic acid groups (broad SMARTS) is 1. The van der Waals surface area contributed by atoms with Crippen molar-refractivity contribution in [2.45, 2.75) is 19.3 Å². The maximum atomic E-state index is 12.0. The molecule has 1 amide bonds. The minimum absolute atomic E-state index is 0.0530. The number of hydrogen-bond acceptors (Lipinski definition) is 4. The van der Waals surface area contributed by atoms with Gasteiger partial charge in [0.15, 0.2) is 0 Å². The summed E-state index contributed by atoms with van der Waals surface area (Å²) >= 11 is 1.67. The smallest absolute Gasteiger partial charge is 0.307 e. The van der Waals surface area contributed by atoms with E-state index >= 15 is 0 Å². The molecule has 0 aromatic carbocycles. The first kappa shape index (κ1) is 14.7. The summed E-state index contributed by atoms with van der Waals surface area (Å²) in [6.45, 7) is 2.28. The highest BCUT2D eigenvalue weighted by Gasteiger charge is 2.27. The maximum absolute atomic E-state index is 12.0. The number of morpholine rings is 1. The third-order valence-electron chi connectivity index (χ3n) is 3.50. The first-order chi connectivity index (χ1) is 9.16. The van der Waals surface area contributed by atoms with Gasteiger partial charge in [-0.15, -0.1) is 0 Å². The SMILES string of the molecule is O=C(O)C(CSCC1CC1)CC(=O)N1CCOCC1. The molecule has 0 aromatic heterocycles. The van der Waals surface area contributed by atoms with Crippen molar-refractivity contribution in [2.75, 3.05) is 37.8 Å². The number of hydrogen-bond donors (Lipinski definition) is 1. The van der Waals surface area contributed by atoms with Crippen LogP contribution < -0.4 is 0 Å². The summed E-state index contributed by atoms with van der Waals surface area (Å²) in [6, 6.07) is 0. The molecular weight excluding hydrogens is 266 g/mol. The molecule has 0 bridgehead atoms. The van der Waals surface area contributed by atoms with E-state index in [2.05, 4.69) is 0 Å². The zero-order chi connectivity index (χ0) is 13.7. The van der Waals surface area contributed by atoms with Gasteiger partial charge in [0.05, 0.1) is 19.1 Å². The summed E-state index contributed by atoms with van der Waals surface area (Å²) < 4.78 is 5.19. The van der Waals surface area contributed by atoms with Crippen LogP contribution in [0.5, 0.6) is 0 Å². The molecule has 2 rings (SSSR count). The van der Waals surface area contributed by atoms with Crippen molar-refractivity contribution >= 4 is 23.6 Å². The molecule has 1 saturated carbocycles. The third-order valence-corrected chi connectivity index (χ3v) is 4.85. The number of carboxylic acids is 1. The second-order valence-electron chi connectivity index (χ2n) is 5.21. The average Bonchev–Trinajstić information content (AvgIpc) is 3.22. The second kappa shape index (κ2) is 7.14. The van der Waals surface area contributed by atoms with Gasteiger partial charge < -0.3 is 14.7 Å². The third kappa shape index (κ3) is 5.03. The van der Waals surface area contributed by atoms with E-state index in [0.717, 1.165) is 11.7 Å². The molecule has 19 heavy (non-hydrogen) atoms. The Kier molecular flexibility index (Phi) is 5.51. The average molecular weight is 287 g/mol. The van der Waals surface area contributed by atoms with Crippen LogP contribution in [0.1, 0.15) is 19.3 Å². The van der Waals surface area contributed by atoms with Crippen LogP contribution in [0.3, 0.4) is 0 Å². The van der Waals surface area contributed by atoms with Crippen LogP contribution in [0.15, 0.2) is 0 Å². The lowest BCUT2D eigenvalue weighted by Gasteiger charge is -2.27. The second-order valence-corrected chi connectivity index (χ2v) is 6.29. The number of aliphatic carboxylic acids is 1. The largest absolute Gasteiger partial charge is 0.481 e. The Morgan fingerprint density at radius 2 is 2.00 bits per heavy atom. The Bertz CT molecular complexity index is 327. The van der Waals surface area contributed by atoms with Crippen LogP contribution in [0.25, 0.3) is 0 Å². The summed E-state index contributed by atoms with van der Waals surface area (Å²) in [5.74, 6) is 0.901. The molecule has 6 heteroatoms. The van der Waals surface area contributed by atoms with Gasteiger partial charge in [-0.25, -0.2) is 0 Å². The molecule has 1 N–H and O–H groups in total. The normalized spacial score (nSPS) is 21.2. The predicted molar refractivity (Wildman–Crippen MR) is 73.2 cm³/mol. The van der Waals surface area contributed by atoms with Crippen molar-refractivity contribution in [3.8, 4) is 0 Å². The quantitative estimate of drug-likeness (QED) is 0.759.